The Balaban J connectivity index is 2.82. The van der Waals surface area contributed by atoms with Crippen LogP contribution in [0.25, 0.3) is 0 Å². The summed E-state index contributed by atoms with van der Waals surface area (Å²) in [5, 5.41) is 9.87. The summed E-state index contributed by atoms with van der Waals surface area (Å²) < 4.78 is 5.19. The van der Waals surface area contributed by atoms with Crippen molar-refractivity contribution in [3.05, 3.63) is 28.5 Å². The van der Waals surface area contributed by atoms with Crippen LogP contribution in [0.5, 0.6) is 0 Å². The lowest BCUT2D eigenvalue weighted by atomic mass is 10.1. The average molecular weight is 289 g/mol. The molecule has 6 heteroatoms. The standard InChI is InChI=1S/C10H13BrN2O3/c1-2-16-10(15)7(12)8(14)6-4-3-5-13-9(6)11/h3-5,7-8,14H,2,12H2,1H3/t7-,8+/m0/s1. The molecule has 0 saturated heterocycles. The van der Waals surface area contributed by atoms with Crippen molar-refractivity contribution in [3.63, 3.8) is 0 Å². The zero-order valence-electron chi connectivity index (χ0n) is 8.76. The van der Waals surface area contributed by atoms with Crippen LogP contribution in [-0.2, 0) is 9.53 Å². The Bertz CT molecular complexity index is 373. The van der Waals surface area contributed by atoms with Crippen molar-refractivity contribution in [2.24, 2.45) is 5.73 Å². The number of pyridine rings is 1. The first-order valence-corrected chi connectivity index (χ1v) is 5.58. The van der Waals surface area contributed by atoms with Gasteiger partial charge in [0.05, 0.1) is 6.61 Å². The molecule has 16 heavy (non-hydrogen) atoms. The van der Waals surface area contributed by atoms with E-state index in [-0.39, 0.29) is 6.61 Å². The number of hydrogen-bond acceptors (Lipinski definition) is 5. The van der Waals surface area contributed by atoms with Crippen molar-refractivity contribution in [2.75, 3.05) is 6.61 Å². The van der Waals surface area contributed by atoms with Crippen molar-refractivity contribution in [2.45, 2.75) is 19.1 Å². The van der Waals surface area contributed by atoms with E-state index in [4.69, 9.17) is 10.5 Å². The minimum Gasteiger partial charge on any atom is -0.465 e. The molecular formula is C10H13BrN2O3. The Labute approximate surface area is 102 Å². The van der Waals surface area contributed by atoms with E-state index in [0.29, 0.717) is 10.2 Å². The van der Waals surface area contributed by atoms with E-state index >= 15 is 0 Å². The van der Waals surface area contributed by atoms with Gasteiger partial charge in [-0.3, -0.25) is 4.79 Å². The normalized spacial score (nSPS) is 14.2. The van der Waals surface area contributed by atoms with E-state index in [9.17, 15) is 9.90 Å². The van der Waals surface area contributed by atoms with Crippen molar-refractivity contribution in [1.29, 1.82) is 0 Å². The summed E-state index contributed by atoms with van der Waals surface area (Å²) in [7, 11) is 0. The van der Waals surface area contributed by atoms with E-state index in [1.54, 1.807) is 25.3 Å². The molecule has 1 rings (SSSR count). The van der Waals surface area contributed by atoms with Gasteiger partial charge in [0.2, 0.25) is 0 Å². The maximum Gasteiger partial charge on any atom is 0.325 e. The molecule has 88 valence electrons. The molecule has 0 unspecified atom stereocenters. The molecule has 1 aromatic rings. The fourth-order valence-electron chi connectivity index (χ4n) is 1.18. The van der Waals surface area contributed by atoms with Gasteiger partial charge in [-0.05, 0) is 28.9 Å². The Morgan fingerprint density at radius 3 is 3.00 bits per heavy atom. The molecule has 0 amide bonds. The zero-order valence-corrected chi connectivity index (χ0v) is 10.3. The highest BCUT2D eigenvalue weighted by Gasteiger charge is 2.26. The second kappa shape index (κ2) is 5.93. The van der Waals surface area contributed by atoms with E-state index in [1.807, 2.05) is 0 Å². The Kier molecular flexibility index (Phi) is 4.85. The summed E-state index contributed by atoms with van der Waals surface area (Å²) in [6.07, 6.45) is 0.429. The number of halogens is 1. The lowest BCUT2D eigenvalue weighted by Crippen LogP contribution is -2.38. The number of esters is 1. The van der Waals surface area contributed by atoms with Gasteiger partial charge >= 0.3 is 5.97 Å². The van der Waals surface area contributed by atoms with E-state index in [1.165, 1.54) is 0 Å². The maximum absolute atomic E-state index is 11.3. The van der Waals surface area contributed by atoms with Crippen LogP contribution in [0, 0.1) is 0 Å². The van der Waals surface area contributed by atoms with Crippen LogP contribution in [0.1, 0.15) is 18.6 Å². The summed E-state index contributed by atoms with van der Waals surface area (Å²) in [5.74, 6) is -0.634. The van der Waals surface area contributed by atoms with E-state index in [0.717, 1.165) is 0 Å². The van der Waals surface area contributed by atoms with Gasteiger partial charge < -0.3 is 15.6 Å². The first kappa shape index (κ1) is 13.1. The molecule has 2 atom stereocenters. The second-order valence-corrected chi connectivity index (χ2v) is 3.86. The fourth-order valence-corrected chi connectivity index (χ4v) is 1.66. The minimum atomic E-state index is -1.14. The van der Waals surface area contributed by atoms with E-state index in [2.05, 4.69) is 20.9 Å². The van der Waals surface area contributed by atoms with Gasteiger partial charge in [-0.25, -0.2) is 4.98 Å². The van der Waals surface area contributed by atoms with Gasteiger partial charge in [0.1, 0.15) is 16.7 Å². The second-order valence-electron chi connectivity index (χ2n) is 3.11. The maximum atomic E-state index is 11.3. The molecule has 0 aliphatic carbocycles. The molecule has 0 fully saturated rings. The third-order valence-electron chi connectivity index (χ3n) is 2.01. The molecule has 0 aromatic carbocycles. The quantitative estimate of drug-likeness (QED) is 0.631. The van der Waals surface area contributed by atoms with Crippen LogP contribution in [0.3, 0.4) is 0 Å². The number of aliphatic hydroxyl groups excluding tert-OH is 1. The van der Waals surface area contributed by atoms with Crippen molar-refractivity contribution in [3.8, 4) is 0 Å². The molecule has 1 heterocycles. The highest BCUT2D eigenvalue weighted by molar-refractivity contribution is 9.10. The van der Waals surface area contributed by atoms with Crippen LogP contribution in [0.15, 0.2) is 22.9 Å². The van der Waals surface area contributed by atoms with Crippen molar-refractivity contribution in [1.82, 2.24) is 4.98 Å². The minimum absolute atomic E-state index is 0.230. The van der Waals surface area contributed by atoms with Crippen LogP contribution in [0.4, 0.5) is 0 Å². The summed E-state index contributed by atoms with van der Waals surface area (Å²) in [6.45, 7) is 1.91. The molecule has 3 N–H and O–H groups in total. The Morgan fingerprint density at radius 1 is 1.75 bits per heavy atom. The van der Waals surface area contributed by atoms with Gasteiger partial charge in [-0.2, -0.15) is 0 Å². The molecule has 0 spiro atoms. The van der Waals surface area contributed by atoms with Gasteiger partial charge in [-0.15, -0.1) is 0 Å². The molecule has 0 saturated carbocycles. The monoisotopic (exact) mass is 288 g/mol. The molecule has 1 aromatic heterocycles. The van der Waals surface area contributed by atoms with Crippen LogP contribution < -0.4 is 5.73 Å². The van der Waals surface area contributed by atoms with Gasteiger partial charge in [0.25, 0.3) is 0 Å². The van der Waals surface area contributed by atoms with Crippen LogP contribution in [-0.4, -0.2) is 28.7 Å². The molecular weight excluding hydrogens is 276 g/mol. The number of ether oxygens (including phenoxy) is 1. The smallest absolute Gasteiger partial charge is 0.325 e. The number of hydrogen-bond donors (Lipinski definition) is 2. The SMILES string of the molecule is CCOC(=O)[C@@H](N)[C@H](O)c1cccnc1Br. The number of nitrogens with two attached hydrogens (primary N) is 1. The number of aliphatic hydroxyl groups is 1. The highest BCUT2D eigenvalue weighted by atomic mass is 79.9. The third kappa shape index (κ3) is 3.01. The predicted molar refractivity (Wildman–Crippen MR) is 61.5 cm³/mol. The average Bonchev–Trinajstić information content (AvgIpc) is 2.28. The number of carbonyl (C=O) groups is 1. The number of rotatable bonds is 4. The van der Waals surface area contributed by atoms with Crippen molar-refractivity contribution < 1.29 is 14.6 Å². The lowest BCUT2D eigenvalue weighted by molar-refractivity contribution is -0.147. The molecule has 0 radical (unpaired) electrons. The van der Waals surface area contributed by atoms with Crippen LogP contribution in [0.2, 0.25) is 0 Å². The van der Waals surface area contributed by atoms with Crippen LogP contribution >= 0.6 is 15.9 Å². The van der Waals surface area contributed by atoms with Gasteiger partial charge in [-0.1, -0.05) is 6.07 Å². The number of carbonyl (C=O) groups excluding carboxylic acids is 1. The summed E-state index contributed by atoms with van der Waals surface area (Å²) >= 11 is 3.17. The predicted octanol–water partition coefficient (Wildman–Crippen LogP) is 0.768. The molecule has 0 aliphatic heterocycles. The number of aromatic nitrogens is 1. The lowest BCUT2D eigenvalue weighted by Gasteiger charge is -2.18. The summed E-state index contributed by atoms with van der Waals surface area (Å²) in [5.41, 5.74) is 6.04. The molecule has 5 nitrogen and oxygen atoms in total. The number of nitrogens with zero attached hydrogens (tertiary/aromatic N) is 1. The summed E-state index contributed by atoms with van der Waals surface area (Å²) in [6, 6.07) is 2.18. The first-order valence-electron chi connectivity index (χ1n) is 4.78. The van der Waals surface area contributed by atoms with Gasteiger partial charge in [0, 0.05) is 11.8 Å². The third-order valence-corrected chi connectivity index (χ3v) is 2.67. The first-order chi connectivity index (χ1) is 7.57. The molecule has 0 bridgehead atoms. The molecule has 0 aliphatic rings. The zero-order chi connectivity index (χ0) is 12.1. The van der Waals surface area contributed by atoms with E-state index < -0.39 is 18.1 Å². The largest absolute Gasteiger partial charge is 0.465 e. The summed E-state index contributed by atoms with van der Waals surface area (Å²) in [4.78, 5) is 15.3. The van der Waals surface area contributed by atoms with Crippen molar-refractivity contribution >= 4 is 21.9 Å². The fraction of sp³-hybridized carbons (Fsp3) is 0.400. The Hall–Kier alpha value is -0.980. The highest BCUT2D eigenvalue weighted by Crippen LogP contribution is 2.23. The Morgan fingerprint density at radius 2 is 2.44 bits per heavy atom. The van der Waals surface area contributed by atoms with Gasteiger partial charge in [0.15, 0.2) is 0 Å². The topological polar surface area (TPSA) is 85.4 Å².